The molecule has 0 aliphatic heterocycles. The molecular formula is C40H44O10. The molecule has 0 spiro atoms. The third-order valence-corrected chi connectivity index (χ3v) is 8.28. The van der Waals surface area contributed by atoms with Crippen molar-refractivity contribution in [3.05, 3.63) is 109 Å². The van der Waals surface area contributed by atoms with Crippen LogP contribution in [0.1, 0.15) is 37.2 Å². The lowest BCUT2D eigenvalue weighted by molar-refractivity contribution is -0.146. The van der Waals surface area contributed by atoms with Crippen LogP contribution in [0.5, 0.6) is 11.5 Å². The lowest BCUT2D eigenvalue weighted by atomic mass is 9.79. The topological polar surface area (TPSA) is 127 Å². The number of hydrogen-bond donors (Lipinski definition) is 1. The van der Waals surface area contributed by atoms with E-state index in [1.165, 1.54) is 19.8 Å². The standard InChI is InChI=1S/C40H44O10/c1-26(23-41)39(43)49-34-15-6-29(7-16-34)32-12-19-36(30-8-13-33(14-9-30)47-20-21-48-38(42)27(2)24-45-4)37(22-32)31-10-17-35(18-11-31)50-40(44)28(3)25-46-5/h6-9,12-16,19,22,31,35,41H,1-3,10-11,17-18,20-21,23-25H2,4-5H3. The zero-order valence-electron chi connectivity index (χ0n) is 28.6. The fourth-order valence-corrected chi connectivity index (χ4v) is 5.62. The summed E-state index contributed by atoms with van der Waals surface area (Å²) in [6, 6.07) is 21.3. The van der Waals surface area contributed by atoms with Gasteiger partial charge in [0.2, 0.25) is 0 Å². The number of benzene rings is 3. The summed E-state index contributed by atoms with van der Waals surface area (Å²) in [5, 5.41) is 9.15. The van der Waals surface area contributed by atoms with Gasteiger partial charge in [0.05, 0.1) is 36.5 Å². The smallest absolute Gasteiger partial charge is 0.341 e. The number of rotatable bonds is 17. The van der Waals surface area contributed by atoms with Crippen LogP contribution in [-0.2, 0) is 33.3 Å². The summed E-state index contributed by atoms with van der Waals surface area (Å²) in [5.74, 6) is -0.424. The van der Waals surface area contributed by atoms with Crippen LogP contribution in [0.25, 0.3) is 22.3 Å². The number of hydrogen-bond acceptors (Lipinski definition) is 10. The molecule has 0 aromatic heterocycles. The highest BCUT2D eigenvalue weighted by Crippen LogP contribution is 2.41. The van der Waals surface area contributed by atoms with Gasteiger partial charge in [0.25, 0.3) is 0 Å². The Hall–Kier alpha value is -5.03. The number of esters is 3. The van der Waals surface area contributed by atoms with Crippen molar-refractivity contribution in [3.63, 3.8) is 0 Å². The second-order valence-corrected chi connectivity index (χ2v) is 11.9. The molecule has 50 heavy (non-hydrogen) atoms. The van der Waals surface area contributed by atoms with Crippen LogP contribution in [0.2, 0.25) is 0 Å². The Morgan fingerprint density at radius 3 is 1.88 bits per heavy atom. The average Bonchev–Trinajstić information content (AvgIpc) is 3.13. The molecule has 0 heterocycles. The van der Waals surface area contributed by atoms with Crippen molar-refractivity contribution in [3.8, 4) is 33.8 Å². The number of aliphatic hydroxyl groups excluding tert-OH is 1. The molecule has 1 fully saturated rings. The van der Waals surface area contributed by atoms with Crippen molar-refractivity contribution in [1.82, 2.24) is 0 Å². The minimum Gasteiger partial charge on any atom is -0.490 e. The van der Waals surface area contributed by atoms with Gasteiger partial charge in [0, 0.05) is 14.2 Å². The van der Waals surface area contributed by atoms with Gasteiger partial charge in [-0.1, -0.05) is 62.2 Å². The van der Waals surface area contributed by atoms with E-state index in [1.54, 1.807) is 12.1 Å². The Kier molecular flexibility index (Phi) is 14.1. The lowest BCUT2D eigenvalue weighted by Crippen LogP contribution is -2.25. The van der Waals surface area contributed by atoms with Crippen LogP contribution in [0.3, 0.4) is 0 Å². The van der Waals surface area contributed by atoms with Gasteiger partial charge >= 0.3 is 17.9 Å². The molecule has 0 radical (unpaired) electrons. The third kappa shape index (κ3) is 10.5. The molecule has 0 unspecified atom stereocenters. The number of methoxy groups -OCH3 is 2. The molecule has 1 aliphatic carbocycles. The van der Waals surface area contributed by atoms with Gasteiger partial charge in [-0.2, -0.15) is 0 Å². The molecule has 3 aromatic rings. The van der Waals surface area contributed by atoms with Crippen molar-refractivity contribution in [2.75, 3.05) is 47.3 Å². The maximum atomic E-state index is 12.4. The summed E-state index contributed by atoms with van der Waals surface area (Å²) in [4.78, 5) is 36.4. The second-order valence-electron chi connectivity index (χ2n) is 11.9. The van der Waals surface area contributed by atoms with Crippen molar-refractivity contribution < 1.29 is 47.9 Å². The second kappa shape index (κ2) is 18.7. The molecule has 1 N–H and O–H groups in total. The lowest BCUT2D eigenvalue weighted by Gasteiger charge is -2.30. The van der Waals surface area contributed by atoms with Crippen LogP contribution in [0, 0.1) is 0 Å². The maximum Gasteiger partial charge on any atom is 0.341 e. The predicted octanol–water partition coefficient (Wildman–Crippen LogP) is 6.37. The van der Waals surface area contributed by atoms with Crippen LogP contribution >= 0.6 is 0 Å². The van der Waals surface area contributed by atoms with E-state index in [2.05, 4.69) is 37.9 Å². The van der Waals surface area contributed by atoms with Gasteiger partial charge in [0.15, 0.2) is 0 Å². The highest BCUT2D eigenvalue weighted by atomic mass is 16.6. The minimum atomic E-state index is -0.680. The van der Waals surface area contributed by atoms with Crippen LogP contribution in [0.15, 0.2) is 103 Å². The molecular weight excluding hydrogens is 640 g/mol. The fourth-order valence-electron chi connectivity index (χ4n) is 5.62. The van der Waals surface area contributed by atoms with E-state index in [0.29, 0.717) is 17.1 Å². The van der Waals surface area contributed by atoms with E-state index >= 15 is 0 Å². The quantitative estimate of drug-likeness (QED) is 0.0742. The normalized spacial score (nSPS) is 15.4. The summed E-state index contributed by atoms with van der Waals surface area (Å²) in [6.07, 6.45) is 2.90. The molecule has 0 amide bonds. The van der Waals surface area contributed by atoms with Crippen LogP contribution in [-0.4, -0.2) is 76.4 Å². The van der Waals surface area contributed by atoms with Crippen molar-refractivity contribution in [2.45, 2.75) is 37.7 Å². The fraction of sp³-hybridized carbons (Fsp3) is 0.325. The average molecular weight is 685 g/mol. The van der Waals surface area contributed by atoms with E-state index in [0.717, 1.165) is 47.9 Å². The molecule has 1 saturated carbocycles. The van der Waals surface area contributed by atoms with Gasteiger partial charge in [-0.25, -0.2) is 14.4 Å². The molecule has 0 bridgehead atoms. The maximum absolute atomic E-state index is 12.4. The molecule has 264 valence electrons. The van der Waals surface area contributed by atoms with Gasteiger partial charge in [0.1, 0.15) is 30.8 Å². The first-order valence-corrected chi connectivity index (χ1v) is 16.3. The van der Waals surface area contributed by atoms with Gasteiger partial charge in [-0.15, -0.1) is 0 Å². The highest BCUT2D eigenvalue weighted by Gasteiger charge is 2.27. The number of aliphatic hydroxyl groups is 1. The van der Waals surface area contributed by atoms with Crippen LogP contribution < -0.4 is 9.47 Å². The Bertz CT molecular complexity index is 1670. The Labute approximate surface area is 292 Å². The Morgan fingerprint density at radius 1 is 0.680 bits per heavy atom. The Morgan fingerprint density at radius 2 is 1.26 bits per heavy atom. The largest absolute Gasteiger partial charge is 0.490 e. The minimum absolute atomic E-state index is 0.0239. The summed E-state index contributed by atoms with van der Waals surface area (Å²) in [5.41, 5.74) is 5.70. The molecule has 4 rings (SSSR count). The third-order valence-electron chi connectivity index (χ3n) is 8.28. The first kappa shape index (κ1) is 37.8. The summed E-state index contributed by atoms with van der Waals surface area (Å²) in [6.45, 7) is 10.9. The zero-order chi connectivity index (χ0) is 36.0. The predicted molar refractivity (Wildman–Crippen MR) is 189 cm³/mol. The van der Waals surface area contributed by atoms with Crippen LogP contribution in [0.4, 0.5) is 0 Å². The summed E-state index contributed by atoms with van der Waals surface area (Å²) in [7, 11) is 2.99. The van der Waals surface area contributed by atoms with E-state index in [1.807, 2.05) is 36.4 Å². The van der Waals surface area contributed by atoms with Gasteiger partial charge in [-0.05, 0) is 83.7 Å². The van der Waals surface area contributed by atoms with E-state index in [-0.39, 0.29) is 49.6 Å². The SMILES string of the molecule is C=C(COC)C(=O)OCCOc1ccc(-c2ccc(-c3ccc(OC(=O)C(=C)CO)cc3)cc2C2CCC(OC(=O)C(=C)COC)CC2)cc1. The number of ether oxygens (including phenoxy) is 6. The molecule has 0 atom stereocenters. The molecule has 10 nitrogen and oxygen atoms in total. The first-order valence-electron chi connectivity index (χ1n) is 16.3. The van der Waals surface area contributed by atoms with E-state index < -0.39 is 24.5 Å². The molecule has 3 aromatic carbocycles. The monoisotopic (exact) mass is 684 g/mol. The van der Waals surface area contributed by atoms with Crippen molar-refractivity contribution >= 4 is 17.9 Å². The van der Waals surface area contributed by atoms with Crippen molar-refractivity contribution in [1.29, 1.82) is 0 Å². The Balaban J connectivity index is 1.51. The molecule has 0 saturated heterocycles. The highest BCUT2D eigenvalue weighted by molar-refractivity contribution is 5.90. The van der Waals surface area contributed by atoms with Crippen molar-refractivity contribution in [2.24, 2.45) is 0 Å². The van der Waals surface area contributed by atoms with Gasteiger partial charge in [-0.3, -0.25) is 0 Å². The summed E-state index contributed by atoms with van der Waals surface area (Å²) >= 11 is 0. The number of carbonyl (C=O) groups is 3. The molecule has 1 aliphatic rings. The van der Waals surface area contributed by atoms with Gasteiger partial charge < -0.3 is 33.5 Å². The summed E-state index contributed by atoms with van der Waals surface area (Å²) < 4.78 is 31.9. The molecule has 10 heteroatoms. The first-order chi connectivity index (χ1) is 24.1. The number of carbonyl (C=O) groups excluding carboxylic acids is 3. The van der Waals surface area contributed by atoms with E-state index in [4.69, 9.17) is 33.5 Å². The zero-order valence-corrected chi connectivity index (χ0v) is 28.6. The van der Waals surface area contributed by atoms with E-state index in [9.17, 15) is 14.4 Å².